The average molecular weight is 261 g/mol. The lowest BCUT2D eigenvalue weighted by Crippen LogP contribution is -2.59. The van der Waals surface area contributed by atoms with E-state index in [2.05, 4.69) is 26.1 Å². The van der Waals surface area contributed by atoms with Gasteiger partial charge in [0.1, 0.15) is 5.82 Å². The first-order chi connectivity index (χ1) is 8.98. The quantitative estimate of drug-likeness (QED) is 0.867. The van der Waals surface area contributed by atoms with E-state index >= 15 is 0 Å². The third kappa shape index (κ3) is 2.20. The molecule has 0 radical (unpaired) electrons. The molecule has 1 aromatic rings. The van der Waals surface area contributed by atoms with Crippen LogP contribution in [0, 0.1) is 29.0 Å². The van der Waals surface area contributed by atoms with Crippen LogP contribution in [0.25, 0.3) is 0 Å². The second-order valence-electron chi connectivity index (χ2n) is 7.07. The molecule has 0 heterocycles. The van der Waals surface area contributed by atoms with E-state index in [1.807, 2.05) is 12.1 Å². The first kappa shape index (κ1) is 13.1. The molecule has 3 aliphatic carbocycles. The van der Waals surface area contributed by atoms with Crippen molar-refractivity contribution in [2.24, 2.45) is 23.2 Å². The van der Waals surface area contributed by atoms with Gasteiger partial charge in [0, 0.05) is 12.6 Å². The molecule has 1 nitrogen and oxygen atoms in total. The van der Waals surface area contributed by atoms with Gasteiger partial charge in [-0.05, 0) is 53.7 Å². The minimum atomic E-state index is -0.155. The molecular weight excluding hydrogens is 237 g/mol. The molecule has 0 aliphatic heterocycles. The predicted octanol–water partition coefficient (Wildman–Crippen LogP) is 3.99. The summed E-state index contributed by atoms with van der Waals surface area (Å²) in [5, 5.41) is 3.68. The fourth-order valence-corrected chi connectivity index (χ4v) is 4.27. The van der Waals surface area contributed by atoms with Crippen molar-refractivity contribution in [2.45, 2.75) is 46.2 Å². The first-order valence-corrected chi connectivity index (χ1v) is 7.46. The van der Waals surface area contributed by atoms with Gasteiger partial charge < -0.3 is 5.32 Å². The fraction of sp³-hybridized carbons (Fsp3) is 0.647. The Labute approximate surface area is 115 Å². The SMILES string of the molecule is C[C@@H]1[C@H]2C[C@@H](C[C@H]1NCc1ccc(F)cc1)C2(C)C. The molecule has 4 atom stereocenters. The third-order valence-corrected chi connectivity index (χ3v) is 5.84. The molecule has 1 aromatic carbocycles. The molecule has 0 unspecified atom stereocenters. The molecule has 104 valence electrons. The maximum absolute atomic E-state index is 12.9. The second-order valence-corrected chi connectivity index (χ2v) is 7.07. The summed E-state index contributed by atoms with van der Waals surface area (Å²) in [7, 11) is 0. The van der Waals surface area contributed by atoms with Crippen molar-refractivity contribution in [1.82, 2.24) is 5.32 Å². The van der Waals surface area contributed by atoms with Gasteiger partial charge in [-0.2, -0.15) is 0 Å². The molecule has 0 spiro atoms. The molecule has 2 heteroatoms. The number of nitrogens with one attached hydrogen (secondary N) is 1. The Morgan fingerprint density at radius 3 is 2.47 bits per heavy atom. The lowest BCUT2D eigenvalue weighted by molar-refractivity contribution is -0.115. The van der Waals surface area contributed by atoms with Crippen molar-refractivity contribution in [3.63, 3.8) is 0 Å². The largest absolute Gasteiger partial charge is 0.310 e. The van der Waals surface area contributed by atoms with E-state index < -0.39 is 0 Å². The molecule has 3 saturated carbocycles. The summed E-state index contributed by atoms with van der Waals surface area (Å²) in [6, 6.07) is 7.46. The topological polar surface area (TPSA) is 12.0 Å². The van der Waals surface area contributed by atoms with Crippen LogP contribution in [0.1, 0.15) is 39.2 Å². The molecular formula is C17H24FN. The van der Waals surface area contributed by atoms with E-state index in [-0.39, 0.29) is 5.82 Å². The zero-order valence-corrected chi connectivity index (χ0v) is 12.1. The number of rotatable bonds is 3. The average Bonchev–Trinajstić information content (AvgIpc) is 2.38. The van der Waals surface area contributed by atoms with Gasteiger partial charge in [0.25, 0.3) is 0 Å². The van der Waals surface area contributed by atoms with E-state index in [9.17, 15) is 4.39 Å². The minimum absolute atomic E-state index is 0.155. The molecule has 2 bridgehead atoms. The van der Waals surface area contributed by atoms with Gasteiger partial charge in [-0.25, -0.2) is 4.39 Å². The molecule has 0 saturated heterocycles. The number of fused-ring (bicyclic) bond motifs is 2. The molecule has 1 N–H and O–H groups in total. The van der Waals surface area contributed by atoms with Crippen LogP contribution in [0.5, 0.6) is 0 Å². The summed E-state index contributed by atoms with van der Waals surface area (Å²) in [6.45, 7) is 8.11. The van der Waals surface area contributed by atoms with Crippen LogP contribution < -0.4 is 5.32 Å². The van der Waals surface area contributed by atoms with Crippen LogP contribution in [0.3, 0.4) is 0 Å². The highest BCUT2D eigenvalue weighted by atomic mass is 19.1. The highest BCUT2D eigenvalue weighted by molar-refractivity contribution is 5.16. The van der Waals surface area contributed by atoms with Gasteiger partial charge in [-0.15, -0.1) is 0 Å². The Morgan fingerprint density at radius 1 is 1.21 bits per heavy atom. The van der Waals surface area contributed by atoms with E-state index in [0.717, 1.165) is 24.3 Å². The lowest BCUT2D eigenvalue weighted by atomic mass is 9.45. The third-order valence-electron chi connectivity index (χ3n) is 5.84. The summed E-state index contributed by atoms with van der Waals surface area (Å²) in [6.07, 6.45) is 2.72. The number of benzene rings is 1. The number of hydrogen-bond donors (Lipinski definition) is 1. The van der Waals surface area contributed by atoms with Crippen LogP contribution in [0.15, 0.2) is 24.3 Å². The maximum Gasteiger partial charge on any atom is 0.123 e. The van der Waals surface area contributed by atoms with Crippen molar-refractivity contribution in [3.05, 3.63) is 35.6 Å². The number of halogens is 1. The lowest BCUT2D eigenvalue weighted by Gasteiger charge is -2.62. The Kier molecular flexibility index (Phi) is 3.17. The van der Waals surface area contributed by atoms with Gasteiger partial charge in [-0.3, -0.25) is 0 Å². The van der Waals surface area contributed by atoms with E-state index in [1.165, 1.54) is 18.4 Å². The summed E-state index contributed by atoms with van der Waals surface area (Å²) < 4.78 is 12.9. The first-order valence-electron chi connectivity index (χ1n) is 7.46. The highest BCUT2D eigenvalue weighted by Crippen LogP contribution is 2.61. The van der Waals surface area contributed by atoms with Crippen molar-refractivity contribution in [3.8, 4) is 0 Å². The second kappa shape index (κ2) is 4.59. The van der Waals surface area contributed by atoms with Crippen LogP contribution in [0.2, 0.25) is 0 Å². The van der Waals surface area contributed by atoms with Gasteiger partial charge in [0.05, 0.1) is 0 Å². The smallest absolute Gasteiger partial charge is 0.123 e. The van der Waals surface area contributed by atoms with Gasteiger partial charge in [0.2, 0.25) is 0 Å². The molecule has 3 aliphatic rings. The summed E-state index contributed by atoms with van der Waals surface area (Å²) in [5.41, 5.74) is 1.72. The van der Waals surface area contributed by atoms with Crippen LogP contribution >= 0.6 is 0 Å². The molecule has 4 rings (SSSR count). The summed E-state index contributed by atoms with van der Waals surface area (Å²) in [4.78, 5) is 0. The Balaban J connectivity index is 1.59. The maximum atomic E-state index is 12.9. The molecule has 3 fully saturated rings. The van der Waals surface area contributed by atoms with Gasteiger partial charge in [0.15, 0.2) is 0 Å². The van der Waals surface area contributed by atoms with Crippen molar-refractivity contribution >= 4 is 0 Å². The fourth-order valence-electron chi connectivity index (χ4n) is 4.27. The van der Waals surface area contributed by atoms with Crippen molar-refractivity contribution in [2.75, 3.05) is 0 Å². The number of hydrogen-bond acceptors (Lipinski definition) is 1. The highest BCUT2D eigenvalue weighted by Gasteiger charge is 2.55. The summed E-state index contributed by atoms with van der Waals surface area (Å²) in [5.74, 6) is 2.36. The zero-order chi connectivity index (χ0) is 13.6. The van der Waals surface area contributed by atoms with Crippen molar-refractivity contribution < 1.29 is 4.39 Å². The normalized spacial score (nSPS) is 35.8. The standard InChI is InChI=1S/C17H24FN/c1-11-15-8-13(17(15,2)3)9-16(11)19-10-12-4-6-14(18)7-5-12/h4-7,11,13,15-16,19H,8-10H2,1-3H3/t11-,13+,15-,16-/m1/s1. The van der Waals surface area contributed by atoms with E-state index in [4.69, 9.17) is 0 Å². The van der Waals surface area contributed by atoms with Gasteiger partial charge in [-0.1, -0.05) is 32.9 Å². The van der Waals surface area contributed by atoms with Crippen LogP contribution in [-0.4, -0.2) is 6.04 Å². The molecule has 0 amide bonds. The van der Waals surface area contributed by atoms with E-state index in [0.29, 0.717) is 11.5 Å². The molecule has 19 heavy (non-hydrogen) atoms. The Bertz CT molecular complexity index is 451. The monoisotopic (exact) mass is 261 g/mol. The van der Waals surface area contributed by atoms with E-state index in [1.54, 1.807) is 12.1 Å². The summed E-state index contributed by atoms with van der Waals surface area (Å²) >= 11 is 0. The molecule has 0 aromatic heterocycles. The van der Waals surface area contributed by atoms with Crippen LogP contribution in [0.4, 0.5) is 4.39 Å². The van der Waals surface area contributed by atoms with Crippen molar-refractivity contribution in [1.29, 1.82) is 0 Å². The Morgan fingerprint density at radius 2 is 1.89 bits per heavy atom. The van der Waals surface area contributed by atoms with Crippen LogP contribution in [-0.2, 0) is 6.54 Å². The zero-order valence-electron chi connectivity index (χ0n) is 12.1. The predicted molar refractivity (Wildman–Crippen MR) is 76.2 cm³/mol. The Hall–Kier alpha value is -0.890. The minimum Gasteiger partial charge on any atom is -0.310 e. The van der Waals surface area contributed by atoms with Gasteiger partial charge >= 0.3 is 0 Å².